The Morgan fingerprint density at radius 1 is 1.11 bits per heavy atom. The lowest BCUT2D eigenvalue weighted by atomic mass is 10.2. The van der Waals surface area contributed by atoms with E-state index in [4.69, 9.17) is 31.9 Å². The van der Waals surface area contributed by atoms with Crippen LogP contribution in [0.25, 0.3) is 0 Å². The second-order valence-corrected chi connectivity index (χ2v) is 1.83. The molecule has 0 aliphatic rings. The first-order valence-electron chi connectivity index (χ1n) is 2.17. The zero-order valence-corrected chi connectivity index (χ0v) is 4.65. The van der Waals surface area contributed by atoms with Gasteiger partial charge in [-0.25, -0.2) is 0 Å². The minimum absolute atomic E-state index is 0.934. The minimum Gasteiger partial charge on any atom is -0.393 e. The van der Waals surface area contributed by atoms with Gasteiger partial charge in [0.05, 0.1) is 6.61 Å². The summed E-state index contributed by atoms with van der Waals surface area (Å²) in [6.07, 6.45) is 0. The summed E-state index contributed by atoms with van der Waals surface area (Å²) in [4.78, 5) is 0. The summed E-state index contributed by atoms with van der Waals surface area (Å²) >= 11 is 0. The zero-order chi connectivity index (χ0) is 7.71. The summed E-state index contributed by atoms with van der Waals surface area (Å²) in [5.74, 6) is -3.25. The summed E-state index contributed by atoms with van der Waals surface area (Å²) in [7, 11) is 0. The van der Waals surface area contributed by atoms with Crippen LogP contribution >= 0.6 is 0 Å². The molecule has 0 aliphatic carbocycles. The van der Waals surface area contributed by atoms with E-state index in [0.717, 1.165) is 0 Å². The Kier molecular flexibility index (Phi) is 2.12. The van der Waals surface area contributed by atoms with Crippen LogP contribution in [0, 0.1) is 0 Å². The Hall–Kier alpha value is -0.240. The lowest BCUT2D eigenvalue weighted by molar-refractivity contribution is -0.351. The first-order valence-corrected chi connectivity index (χ1v) is 2.17. The smallest absolute Gasteiger partial charge is 0.310 e. The average Bonchev–Trinajstić information content (AvgIpc) is 1.64. The normalized spacial score (nSPS) is 14.0. The highest BCUT2D eigenvalue weighted by Gasteiger charge is 2.41. The molecule has 0 rings (SSSR count). The number of hydrogen-bond donors (Lipinski definition) is 6. The van der Waals surface area contributed by atoms with Gasteiger partial charge in [-0.1, -0.05) is 0 Å². The van der Waals surface area contributed by atoms with E-state index in [-0.39, 0.29) is 0 Å². The van der Waals surface area contributed by atoms with Gasteiger partial charge in [-0.2, -0.15) is 0 Å². The Bertz CT molecular complexity index is 96.5. The van der Waals surface area contributed by atoms with Crippen molar-refractivity contribution in [2.24, 2.45) is 11.5 Å². The van der Waals surface area contributed by atoms with Crippen molar-refractivity contribution in [2.45, 2.75) is 11.6 Å². The summed E-state index contributed by atoms with van der Waals surface area (Å²) in [5.41, 5.74) is 7.24. The average molecular weight is 138 g/mol. The third-order valence-corrected chi connectivity index (χ3v) is 0.886. The molecule has 0 aromatic rings. The Labute approximate surface area is 51.3 Å². The molecule has 9 heavy (non-hydrogen) atoms. The molecule has 0 bridgehead atoms. The standard InChI is InChI=1S/C3H10N2O4/c4-2(5,1-6)3(7,8)9/h6-9H,1,4-5H2. The van der Waals surface area contributed by atoms with Gasteiger partial charge in [0.1, 0.15) is 0 Å². The van der Waals surface area contributed by atoms with E-state index in [9.17, 15) is 0 Å². The molecular formula is C3H10N2O4. The van der Waals surface area contributed by atoms with Gasteiger partial charge in [-0.15, -0.1) is 0 Å². The molecule has 0 unspecified atom stereocenters. The molecule has 0 radical (unpaired) electrons. The topological polar surface area (TPSA) is 133 Å². The van der Waals surface area contributed by atoms with Crippen molar-refractivity contribution in [3.63, 3.8) is 0 Å². The fraction of sp³-hybridized carbons (Fsp3) is 1.00. The largest absolute Gasteiger partial charge is 0.393 e. The molecule has 0 spiro atoms. The van der Waals surface area contributed by atoms with E-state index in [1.165, 1.54) is 0 Å². The molecule has 0 saturated carbocycles. The molecule has 0 aliphatic heterocycles. The molecule has 0 heterocycles. The van der Waals surface area contributed by atoms with Crippen molar-refractivity contribution in [1.82, 2.24) is 0 Å². The van der Waals surface area contributed by atoms with Crippen molar-refractivity contribution in [2.75, 3.05) is 6.61 Å². The molecule has 0 aromatic carbocycles. The van der Waals surface area contributed by atoms with Crippen molar-refractivity contribution in [3.05, 3.63) is 0 Å². The van der Waals surface area contributed by atoms with Crippen LogP contribution in [0.15, 0.2) is 0 Å². The van der Waals surface area contributed by atoms with Crippen molar-refractivity contribution < 1.29 is 20.4 Å². The predicted molar refractivity (Wildman–Crippen MR) is 27.6 cm³/mol. The van der Waals surface area contributed by atoms with Gasteiger partial charge >= 0.3 is 5.97 Å². The second kappa shape index (κ2) is 2.18. The summed E-state index contributed by atoms with van der Waals surface area (Å²) < 4.78 is 0. The molecule has 8 N–H and O–H groups in total. The van der Waals surface area contributed by atoms with Crippen molar-refractivity contribution in [3.8, 4) is 0 Å². The SMILES string of the molecule is NC(N)(CO)C(O)(O)O. The predicted octanol–water partition coefficient (Wildman–Crippen LogP) is -3.78. The fourth-order valence-electron chi connectivity index (χ4n) is 0.106. The van der Waals surface area contributed by atoms with Crippen LogP contribution in [0.5, 0.6) is 0 Å². The Balaban J connectivity index is 4.14. The number of hydrogen-bond acceptors (Lipinski definition) is 6. The maximum absolute atomic E-state index is 8.25. The highest BCUT2D eigenvalue weighted by Crippen LogP contribution is 2.05. The number of aliphatic hydroxyl groups excluding tert-OH is 1. The maximum Gasteiger partial charge on any atom is 0.310 e. The fourth-order valence-corrected chi connectivity index (χ4v) is 0.106. The summed E-state index contributed by atoms with van der Waals surface area (Å²) in [6.45, 7) is -0.934. The molecule has 0 atom stereocenters. The maximum atomic E-state index is 8.25. The van der Waals surface area contributed by atoms with E-state index in [0.29, 0.717) is 0 Å². The van der Waals surface area contributed by atoms with Crippen LogP contribution in [0.4, 0.5) is 0 Å². The minimum atomic E-state index is -3.25. The van der Waals surface area contributed by atoms with Gasteiger partial charge in [-0.05, 0) is 0 Å². The highest BCUT2D eigenvalue weighted by molar-refractivity contribution is 4.82. The van der Waals surface area contributed by atoms with Crippen molar-refractivity contribution >= 4 is 0 Å². The first kappa shape index (κ1) is 8.76. The van der Waals surface area contributed by atoms with Gasteiger partial charge in [0.25, 0.3) is 0 Å². The molecule has 56 valence electrons. The van der Waals surface area contributed by atoms with E-state index < -0.39 is 18.2 Å². The van der Waals surface area contributed by atoms with Gasteiger partial charge in [0, 0.05) is 0 Å². The van der Waals surface area contributed by atoms with Crippen LogP contribution in [0.2, 0.25) is 0 Å². The van der Waals surface area contributed by atoms with Gasteiger partial charge in [-0.3, -0.25) is 0 Å². The third-order valence-electron chi connectivity index (χ3n) is 0.886. The van der Waals surface area contributed by atoms with E-state index in [2.05, 4.69) is 0 Å². The second-order valence-electron chi connectivity index (χ2n) is 1.83. The Morgan fingerprint density at radius 3 is 1.44 bits per heavy atom. The molecular weight excluding hydrogens is 128 g/mol. The Morgan fingerprint density at radius 2 is 1.44 bits per heavy atom. The molecule has 6 heteroatoms. The lowest BCUT2D eigenvalue weighted by Gasteiger charge is -2.30. The van der Waals surface area contributed by atoms with E-state index in [1.54, 1.807) is 0 Å². The number of rotatable bonds is 2. The molecule has 0 aromatic heterocycles. The van der Waals surface area contributed by atoms with Crippen LogP contribution in [-0.4, -0.2) is 38.7 Å². The molecule has 0 saturated heterocycles. The van der Waals surface area contributed by atoms with Gasteiger partial charge in [0.2, 0.25) is 0 Å². The first-order chi connectivity index (χ1) is 3.81. The summed E-state index contributed by atoms with van der Waals surface area (Å²) in [5, 5.41) is 32.9. The summed E-state index contributed by atoms with van der Waals surface area (Å²) in [6, 6.07) is 0. The number of nitrogens with two attached hydrogens (primary N) is 2. The van der Waals surface area contributed by atoms with Crippen LogP contribution in [0.1, 0.15) is 0 Å². The quantitative estimate of drug-likeness (QED) is 0.217. The highest BCUT2D eigenvalue weighted by atomic mass is 16.7. The van der Waals surface area contributed by atoms with Crippen LogP contribution in [0.3, 0.4) is 0 Å². The van der Waals surface area contributed by atoms with Crippen LogP contribution < -0.4 is 11.5 Å². The third kappa shape index (κ3) is 1.86. The van der Waals surface area contributed by atoms with E-state index >= 15 is 0 Å². The zero-order valence-electron chi connectivity index (χ0n) is 4.65. The van der Waals surface area contributed by atoms with Gasteiger partial charge < -0.3 is 31.9 Å². The molecule has 0 fully saturated rings. The molecule has 6 nitrogen and oxygen atoms in total. The van der Waals surface area contributed by atoms with Crippen LogP contribution in [-0.2, 0) is 0 Å². The monoisotopic (exact) mass is 138 g/mol. The number of aliphatic hydroxyl groups is 4. The van der Waals surface area contributed by atoms with Gasteiger partial charge in [0.15, 0.2) is 5.66 Å². The molecule has 0 amide bonds. The lowest BCUT2D eigenvalue weighted by Crippen LogP contribution is -2.69. The van der Waals surface area contributed by atoms with E-state index in [1.807, 2.05) is 0 Å². The van der Waals surface area contributed by atoms with Crippen molar-refractivity contribution in [1.29, 1.82) is 0 Å².